The topological polar surface area (TPSA) is 41.4 Å². The molecule has 3 aliphatic rings. The maximum Gasteiger partial charge on any atom is 0.406 e. The van der Waals surface area contributed by atoms with E-state index in [0.29, 0.717) is 25.4 Å². The van der Waals surface area contributed by atoms with Gasteiger partial charge < -0.3 is 9.47 Å². The first kappa shape index (κ1) is 17.0. The summed E-state index contributed by atoms with van der Waals surface area (Å²) in [5.41, 5.74) is 2.10. The first-order valence-corrected chi connectivity index (χ1v) is 9.47. The molecule has 144 valence electrons. The van der Waals surface area contributed by atoms with Crippen molar-refractivity contribution in [1.29, 1.82) is 0 Å². The van der Waals surface area contributed by atoms with Crippen molar-refractivity contribution in [2.45, 2.75) is 43.4 Å². The van der Waals surface area contributed by atoms with Crippen LogP contribution in [-0.2, 0) is 4.79 Å². The number of alkyl halides is 3. The van der Waals surface area contributed by atoms with E-state index in [1.54, 1.807) is 0 Å². The molecular weight excluding hydrogens is 357 g/mol. The largest absolute Gasteiger partial charge is 0.406 e. The molecule has 0 N–H and O–H groups in total. The van der Waals surface area contributed by atoms with Crippen molar-refractivity contribution >= 4 is 16.9 Å². The van der Waals surface area contributed by atoms with Gasteiger partial charge in [-0.05, 0) is 31.4 Å². The molecule has 2 saturated heterocycles. The zero-order valence-corrected chi connectivity index (χ0v) is 14.8. The number of hydrogen-bond acceptors (Lipinski definition) is 3. The summed E-state index contributed by atoms with van der Waals surface area (Å²) in [6.45, 7) is 0.426. The van der Waals surface area contributed by atoms with Crippen LogP contribution < -0.4 is 0 Å². The predicted octanol–water partition coefficient (Wildman–Crippen LogP) is 2.93. The maximum atomic E-state index is 12.6. The summed E-state index contributed by atoms with van der Waals surface area (Å²) in [5, 5.41) is 0. The molecule has 0 spiro atoms. The van der Waals surface area contributed by atoms with Crippen LogP contribution in [0.25, 0.3) is 11.0 Å². The highest BCUT2D eigenvalue weighted by Gasteiger charge is 2.46. The van der Waals surface area contributed by atoms with E-state index in [2.05, 4.69) is 10.6 Å². The van der Waals surface area contributed by atoms with Crippen molar-refractivity contribution in [1.82, 2.24) is 19.4 Å². The van der Waals surface area contributed by atoms with Gasteiger partial charge in [-0.25, -0.2) is 4.98 Å². The molecule has 8 heteroatoms. The number of benzene rings is 1. The van der Waals surface area contributed by atoms with E-state index in [1.165, 1.54) is 0 Å². The normalized spacial score (nSPS) is 24.8. The summed E-state index contributed by atoms with van der Waals surface area (Å²) < 4.78 is 40.1. The Kier molecular flexibility index (Phi) is 3.76. The molecule has 1 aromatic carbocycles. The van der Waals surface area contributed by atoms with Crippen molar-refractivity contribution in [3.05, 3.63) is 30.1 Å². The van der Waals surface area contributed by atoms with Crippen LogP contribution >= 0.6 is 0 Å². The van der Waals surface area contributed by atoms with E-state index >= 15 is 0 Å². The van der Waals surface area contributed by atoms with Gasteiger partial charge in [0.1, 0.15) is 12.4 Å². The van der Waals surface area contributed by atoms with Crippen LogP contribution in [0.2, 0.25) is 0 Å². The smallest absolute Gasteiger partial charge is 0.332 e. The van der Waals surface area contributed by atoms with E-state index < -0.39 is 18.8 Å². The number of hydrogen-bond donors (Lipinski definition) is 0. The van der Waals surface area contributed by atoms with Gasteiger partial charge in [-0.2, -0.15) is 13.2 Å². The Morgan fingerprint density at radius 1 is 1.11 bits per heavy atom. The highest BCUT2D eigenvalue weighted by molar-refractivity contribution is 5.84. The highest BCUT2D eigenvalue weighted by Crippen LogP contribution is 2.43. The zero-order chi connectivity index (χ0) is 18.8. The quantitative estimate of drug-likeness (QED) is 0.822. The summed E-state index contributed by atoms with van der Waals surface area (Å²) in [6.07, 6.45) is -1.54. The minimum Gasteiger partial charge on any atom is -0.332 e. The summed E-state index contributed by atoms with van der Waals surface area (Å²) in [7, 11) is 0. The van der Waals surface area contributed by atoms with E-state index in [4.69, 9.17) is 4.98 Å². The molecule has 1 aromatic heterocycles. The molecule has 27 heavy (non-hydrogen) atoms. The molecule has 5 rings (SSSR count). The minimum absolute atomic E-state index is 0.186. The van der Waals surface area contributed by atoms with E-state index in [1.807, 2.05) is 23.1 Å². The first-order chi connectivity index (χ1) is 12.9. The molecule has 1 unspecified atom stereocenters. The molecule has 3 fully saturated rings. The van der Waals surface area contributed by atoms with Gasteiger partial charge >= 0.3 is 6.18 Å². The molecule has 1 saturated carbocycles. The van der Waals surface area contributed by atoms with Crippen molar-refractivity contribution in [3.8, 4) is 0 Å². The Bertz CT molecular complexity index is 883. The highest BCUT2D eigenvalue weighted by atomic mass is 19.4. The van der Waals surface area contributed by atoms with E-state index in [9.17, 15) is 18.0 Å². The lowest BCUT2D eigenvalue weighted by atomic mass is 10.0. The number of likely N-dealkylation sites (tertiary alicyclic amines) is 2. The summed E-state index contributed by atoms with van der Waals surface area (Å²) in [6, 6.07) is 7.89. The number of rotatable bonds is 4. The molecule has 0 radical (unpaired) electrons. The fourth-order valence-corrected chi connectivity index (χ4v) is 4.42. The van der Waals surface area contributed by atoms with Crippen LogP contribution in [-0.4, -0.2) is 63.7 Å². The monoisotopic (exact) mass is 378 g/mol. The summed E-state index contributed by atoms with van der Waals surface area (Å²) >= 11 is 0. The van der Waals surface area contributed by atoms with Crippen molar-refractivity contribution < 1.29 is 18.0 Å². The fraction of sp³-hybridized carbons (Fsp3) is 0.579. The van der Waals surface area contributed by atoms with Crippen LogP contribution in [0.15, 0.2) is 24.3 Å². The number of fused-ring (bicyclic) bond motifs is 1. The fourth-order valence-electron chi connectivity index (χ4n) is 4.42. The van der Waals surface area contributed by atoms with E-state index in [-0.39, 0.29) is 18.5 Å². The minimum atomic E-state index is -4.34. The number of amides is 1. The lowest BCUT2D eigenvalue weighted by Gasteiger charge is -2.43. The van der Waals surface area contributed by atoms with Crippen LogP contribution in [0.1, 0.15) is 37.0 Å². The van der Waals surface area contributed by atoms with Gasteiger partial charge in [0.05, 0.1) is 23.1 Å². The lowest BCUT2D eigenvalue weighted by molar-refractivity contribution is -0.159. The van der Waals surface area contributed by atoms with Gasteiger partial charge in [-0.3, -0.25) is 9.69 Å². The third-order valence-corrected chi connectivity index (χ3v) is 5.90. The Balaban J connectivity index is 1.31. The predicted molar refractivity (Wildman–Crippen MR) is 93.4 cm³/mol. The maximum absolute atomic E-state index is 12.6. The number of carbonyl (C=O) groups is 1. The second-order valence-corrected chi connectivity index (χ2v) is 7.89. The van der Waals surface area contributed by atoms with Crippen LogP contribution in [0.4, 0.5) is 13.2 Å². The molecule has 3 heterocycles. The second-order valence-electron chi connectivity index (χ2n) is 7.89. The summed E-state index contributed by atoms with van der Waals surface area (Å²) in [5.74, 6) is 1.25. The lowest BCUT2D eigenvalue weighted by Crippen LogP contribution is -2.55. The van der Waals surface area contributed by atoms with Gasteiger partial charge in [0.2, 0.25) is 5.91 Å². The first-order valence-electron chi connectivity index (χ1n) is 9.47. The molecule has 5 nitrogen and oxygen atoms in total. The van der Waals surface area contributed by atoms with Gasteiger partial charge in [0.25, 0.3) is 0 Å². The van der Waals surface area contributed by atoms with Gasteiger partial charge in [0.15, 0.2) is 0 Å². The second kappa shape index (κ2) is 5.95. The summed E-state index contributed by atoms with van der Waals surface area (Å²) in [4.78, 5) is 20.2. The molecule has 1 aliphatic carbocycles. The van der Waals surface area contributed by atoms with Gasteiger partial charge in [-0.15, -0.1) is 0 Å². The van der Waals surface area contributed by atoms with E-state index in [0.717, 1.165) is 34.6 Å². The average molecular weight is 378 g/mol. The Morgan fingerprint density at radius 3 is 2.56 bits per heavy atom. The van der Waals surface area contributed by atoms with Crippen molar-refractivity contribution in [2.75, 3.05) is 26.2 Å². The molecule has 2 aliphatic heterocycles. The molecular formula is C19H21F3N4O. The van der Waals surface area contributed by atoms with Gasteiger partial charge in [-0.1, -0.05) is 12.1 Å². The molecule has 1 amide bonds. The third kappa shape index (κ3) is 2.99. The van der Waals surface area contributed by atoms with Crippen molar-refractivity contribution in [2.24, 2.45) is 0 Å². The number of halogens is 3. The van der Waals surface area contributed by atoms with Gasteiger partial charge in [0, 0.05) is 25.6 Å². The van der Waals surface area contributed by atoms with Crippen LogP contribution in [0.5, 0.6) is 0 Å². The molecule has 2 aromatic rings. The average Bonchev–Trinajstić information content (AvgIpc) is 3.27. The number of para-hydroxylation sites is 2. The third-order valence-electron chi connectivity index (χ3n) is 5.90. The van der Waals surface area contributed by atoms with Crippen LogP contribution in [0, 0.1) is 0 Å². The standard InChI is InChI=1S/C19H21F3N4O/c20-19(21,22)11-24-8-7-16(18(24)27)25-9-13(10-25)26-15-4-2-1-3-14(15)23-17(26)12-5-6-12/h1-4,12-13,16H,5-11H2. The SMILES string of the molecule is O=C1C(N2CC(n3c(C4CC4)nc4ccccc43)C2)CCN1CC(F)(F)F. The Hall–Kier alpha value is -2.09. The zero-order valence-electron chi connectivity index (χ0n) is 14.8. The number of nitrogens with zero attached hydrogens (tertiary/aromatic N) is 4. The number of carbonyl (C=O) groups excluding carboxylic acids is 1. The molecule has 1 atom stereocenters. The number of imidazole rings is 1. The van der Waals surface area contributed by atoms with Crippen LogP contribution in [0.3, 0.4) is 0 Å². The Morgan fingerprint density at radius 2 is 1.85 bits per heavy atom. The van der Waals surface area contributed by atoms with Crippen molar-refractivity contribution in [3.63, 3.8) is 0 Å². The Labute approximate surface area is 154 Å². The molecule has 0 bridgehead atoms. The number of aromatic nitrogens is 2.